The molecular weight excluding hydrogens is 438 g/mol. The van der Waals surface area contributed by atoms with Crippen molar-refractivity contribution in [3.05, 3.63) is 67.7 Å². The number of nitrogens with one attached hydrogen (secondary N) is 1. The van der Waals surface area contributed by atoms with E-state index in [1.54, 1.807) is 24.3 Å². The number of nitrogens with zero attached hydrogens (tertiary/aromatic N) is 1. The molecule has 8 heteroatoms. The molecule has 2 amide bonds. The maximum atomic E-state index is 12.6. The van der Waals surface area contributed by atoms with Gasteiger partial charge < -0.3 is 5.32 Å². The van der Waals surface area contributed by atoms with Crippen LogP contribution in [-0.4, -0.2) is 11.8 Å². The third-order valence-electron chi connectivity index (χ3n) is 3.25. The van der Waals surface area contributed by atoms with E-state index in [1.807, 2.05) is 0 Å². The first-order chi connectivity index (χ1) is 11.4. The lowest BCUT2D eigenvalue weighted by molar-refractivity contribution is -0.120. The minimum absolute atomic E-state index is 0.0000806. The van der Waals surface area contributed by atoms with Crippen LogP contribution in [0.15, 0.2) is 57.7 Å². The Hall–Kier alpha value is -1.53. The molecule has 122 valence electrons. The van der Waals surface area contributed by atoms with Crippen molar-refractivity contribution in [2.75, 3.05) is 10.2 Å². The smallest absolute Gasteiger partial charge is 0.283 e. The van der Waals surface area contributed by atoms with Crippen molar-refractivity contribution < 1.29 is 9.59 Å². The van der Waals surface area contributed by atoms with Crippen molar-refractivity contribution in [2.45, 2.75) is 0 Å². The van der Waals surface area contributed by atoms with Crippen LogP contribution >= 0.6 is 50.7 Å². The summed E-state index contributed by atoms with van der Waals surface area (Å²) < 4.78 is 0.886. The van der Waals surface area contributed by atoms with Crippen LogP contribution in [0.2, 0.25) is 10.0 Å². The monoisotopic (exact) mass is 444 g/mol. The molecule has 0 radical (unpaired) electrons. The van der Waals surface area contributed by atoms with Gasteiger partial charge >= 0.3 is 0 Å². The summed E-state index contributed by atoms with van der Waals surface area (Å²) in [5.41, 5.74) is 0.881. The highest BCUT2D eigenvalue weighted by Crippen LogP contribution is 2.33. The summed E-state index contributed by atoms with van der Waals surface area (Å²) in [4.78, 5) is 25.9. The molecule has 2 aromatic rings. The molecule has 1 N–H and O–H groups in total. The van der Waals surface area contributed by atoms with Crippen LogP contribution in [0, 0.1) is 0 Å². The van der Waals surface area contributed by atoms with E-state index in [0.717, 1.165) is 9.37 Å². The van der Waals surface area contributed by atoms with E-state index in [2.05, 4.69) is 21.2 Å². The molecule has 1 heterocycles. The van der Waals surface area contributed by atoms with Crippen LogP contribution < -0.4 is 10.2 Å². The number of imide groups is 1. The topological polar surface area (TPSA) is 49.4 Å². The number of carbonyl (C=O) groups is 2. The average Bonchev–Trinajstić information content (AvgIpc) is 2.72. The number of benzene rings is 2. The number of hydrogen-bond acceptors (Lipinski definition) is 3. The van der Waals surface area contributed by atoms with E-state index in [1.165, 1.54) is 18.2 Å². The molecule has 0 saturated carbocycles. The van der Waals surface area contributed by atoms with E-state index in [0.29, 0.717) is 15.7 Å². The number of anilines is 2. The molecular formula is C16H8BrCl3N2O2. The fourth-order valence-electron chi connectivity index (χ4n) is 2.19. The molecule has 0 atom stereocenters. The molecule has 24 heavy (non-hydrogen) atoms. The summed E-state index contributed by atoms with van der Waals surface area (Å²) in [6.07, 6.45) is 0. The Labute approximate surface area is 161 Å². The molecule has 1 aliphatic heterocycles. The number of hydrogen-bond donors (Lipinski definition) is 1. The van der Waals surface area contributed by atoms with Gasteiger partial charge in [0.25, 0.3) is 11.8 Å². The van der Waals surface area contributed by atoms with Gasteiger partial charge in [0.05, 0.1) is 5.69 Å². The van der Waals surface area contributed by atoms with Gasteiger partial charge in [0.2, 0.25) is 0 Å². The highest BCUT2D eigenvalue weighted by atomic mass is 79.9. The fraction of sp³-hybridized carbons (Fsp3) is 0. The van der Waals surface area contributed by atoms with Gasteiger partial charge in [-0.15, -0.1) is 0 Å². The van der Waals surface area contributed by atoms with Crippen molar-refractivity contribution in [1.82, 2.24) is 0 Å². The number of amides is 2. The van der Waals surface area contributed by atoms with E-state index in [9.17, 15) is 9.59 Å². The molecule has 4 nitrogen and oxygen atoms in total. The van der Waals surface area contributed by atoms with Crippen molar-refractivity contribution in [3.63, 3.8) is 0 Å². The molecule has 0 unspecified atom stereocenters. The number of rotatable bonds is 3. The van der Waals surface area contributed by atoms with Gasteiger partial charge in [-0.05, 0) is 42.5 Å². The molecule has 0 saturated heterocycles. The first kappa shape index (κ1) is 17.3. The molecule has 0 aliphatic carbocycles. The predicted molar refractivity (Wildman–Crippen MR) is 99.6 cm³/mol. The number of carbonyl (C=O) groups excluding carboxylic acids is 2. The zero-order valence-electron chi connectivity index (χ0n) is 11.8. The summed E-state index contributed by atoms with van der Waals surface area (Å²) in [5, 5.41) is 3.30. The summed E-state index contributed by atoms with van der Waals surface area (Å²) in [6.45, 7) is 0. The minimum Gasteiger partial charge on any atom is -0.350 e. The zero-order valence-corrected chi connectivity index (χ0v) is 15.7. The summed E-state index contributed by atoms with van der Waals surface area (Å²) in [6, 6.07) is 11.5. The maximum Gasteiger partial charge on any atom is 0.283 e. The van der Waals surface area contributed by atoms with Gasteiger partial charge in [-0.3, -0.25) is 9.59 Å². The molecule has 1 aliphatic rings. The Morgan fingerprint density at radius 1 is 0.875 bits per heavy atom. The van der Waals surface area contributed by atoms with Crippen LogP contribution in [0.25, 0.3) is 0 Å². The highest BCUT2D eigenvalue weighted by molar-refractivity contribution is 9.10. The average molecular weight is 447 g/mol. The van der Waals surface area contributed by atoms with Gasteiger partial charge in [-0.2, -0.15) is 0 Å². The Balaban J connectivity index is 1.94. The lowest BCUT2D eigenvalue weighted by Crippen LogP contribution is -2.32. The maximum absolute atomic E-state index is 12.6. The second kappa shape index (κ2) is 6.76. The summed E-state index contributed by atoms with van der Waals surface area (Å²) in [7, 11) is 0. The van der Waals surface area contributed by atoms with Crippen molar-refractivity contribution in [1.29, 1.82) is 0 Å². The molecule has 2 aromatic carbocycles. The Bertz CT molecular complexity index is 861. The molecule has 3 rings (SSSR count). The lowest BCUT2D eigenvalue weighted by atomic mass is 10.3. The van der Waals surface area contributed by atoms with Gasteiger partial charge in [0.1, 0.15) is 10.7 Å². The van der Waals surface area contributed by atoms with Gasteiger partial charge in [0, 0.05) is 20.2 Å². The quantitative estimate of drug-likeness (QED) is 0.660. The first-order valence-corrected chi connectivity index (χ1v) is 8.57. The van der Waals surface area contributed by atoms with Crippen molar-refractivity contribution >= 4 is 73.9 Å². The fourth-order valence-corrected chi connectivity index (χ4v) is 3.18. The zero-order chi connectivity index (χ0) is 17.4. The second-order valence-electron chi connectivity index (χ2n) is 4.89. The normalized spacial score (nSPS) is 14.6. The molecule has 0 fully saturated rings. The van der Waals surface area contributed by atoms with Gasteiger partial charge in [-0.1, -0.05) is 50.7 Å². The highest BCUT2D eigenvalue weighted by Gasteiger charge is 2.39. The van der Waals surface area contributed by atoms with Gasteiger partial charge in [-0.25, -0.2) is 4.90 Å². The first-order valence-electron chi connectivity index (χ1n) is 6.64. The van der Waals surface area contributed by atoms with E-state index in [4.69, 9.17) is 34.8 Å². The third kappa shape index (κ3) is 3.30. The Morgan fingerprint density at radius 2 is 1.46 bits per heavy atom. The SMILES string of the molecule is O=C1C(Cl)=C(Nc2ccc(Br)cc2)C(=O)N1c1cc(Cl)cc(Cl)c1. The molecule has 0 bridgehead atoms. The second-order valence-corrected chi connectivity index (χ2v) is 7.06. The standard InChI is InChI=1S/C16H8BrCl3N2O2/c17-8-1-3-11(4-2-8)21-14-13(20)15(23)22(16(14)24)12-6-9(18)5-10(19)7-12/h1-7,21H. The lowest BCUT2D eigenvalue weighted by Gasteiger charge is -2.15. The van der Waals surface area contributed by atoms with E-state index >= 15 is 0 Å². The largest absolute Gasteiger partial charge is 0.350 e. The van der Waals surface area contributed by atoms with Crippen LogP contribution in [-0.2, 0) is 9.59 Å². The Kier molecular flexibility index (Phi) is 4.88. The van der Waals surface area contributed by atoms with Crippen LogP contribution in [0.3, 0.4) is 0 Å². The van der Waals surface area contributed by atoms with Crippen LogP contribution in [0.4, 0.5) is 11.4 Å². The van der Waals surface area contributed by atoms with Crippen LogP contribution in [0.5, 0.6) is 0 Å². The summed E-state index contributed by atoms with van der Waals surface area (Å²) in [5.74, 6) is -1.22. The molecule has 0 spiro atoms. The molecule has 0 aromatic heterocycles. The summed E-state index contributed by atoms with van der Waals surface area (Å²) >= 11 is 21.3. The van der Waals surface area contributed by atoms with Crippen molar-refractivity contribution in [2.24, 2.45) is 0 Å². The van der Waals surface area contributed by atoms with E-state index in [-0.39, 0.29) is 16.4 Å². The van der Waals surface area contributed by atoms with Gasteiger partial charge in [0.15, 0.2) is 0 Å². The predicted octanol–water partition coefficient (Wildman–Crippen LogP) is 5.19. The third-order valence-corrected chi connectivity index (χ3v) is 4.56. The Morgan fingerprint density at radius 3 is 2.04 bits per heavy atom. The number of halogens is 4. The minimum atomic E-state index is -0.639. The van der Waals surface area contributed by atoms with Crippen molar-refractivity contribution in [3.8, 4) is 0 Å². The van der Waals surface area contributed by atoms with E-state index < -0.39 is 11.8 Å². The van der Waals surface area contributed by atoms with Crippen LogP contribution in [0.1, 0.15) is 0 Å².